The van der Waals surface area contributed by atoms with Crippen LogP contribution in [0.4, 0.5) is 5.69 Å². The molecule has 1 fully saturated rings. The third-order valence-electron chi connectivity index (χ3n) is 7.25. The first-order valence-electron chi connectivity index (χ1n) is 13.1. The molecule has 2 aliphatic rings. The number of rotatable bonds is 3. The summed E-state index contributed by atoms with van der Waals surface area (Å²) in [7, 11) is 0. The lowest BCUT2D eigenvalue weighted by Gasteiger charge is -2.34. The third kappa shape index (κ3) is 4.92. The minimum absolute atomic E-state index is 0.0384. The second-order valence-corrected chi connectivity index (χ2v) is 9.42. The monoisotopic (exact) mass is 500 g/mol. The molecule has 8 nitrogen and oxygen atoms in total. The Hall–Kier alpha value is -3.81. The number of anilines is 1. The Kier molecular flexibility index (Phi) is 7.86. The molecule has 3 heterocycles. The maximum Gasteiger partial charge on any atom is 0.272 e. The molecule has 2 aromatic heterocycles. The Bertz CT molecular complexity index is 1340. The molecule has 3 aromatic rings. The first kappa shape index (κ1) is 26.3. The number of benzene rings is 1. The summed E-state index contributed by atoms with van der Waals surface area (Å²) in [6.07, 6.45) is 7.11. The van der Waals surface area contributed by atoms with Crippen LogP contribution in [0.3, 0.4) is 0 Å². The van der Waals surface area contributed by atoms with Gasteiger partial charge < -0.3 is 20.9 Å². The SMILES string of the molecule is CC.CC(=O)N1CCN(C(=O)c2ccc(-c3nc4c(C)cc(N)c(C=N)c4c4c3CCCC4)cn2)CC1. The van der Waals surface area contributed by atoms with Crippen molar-refractivity contribution in [3.8, 4) is 11.3 Å². The first-order chi connectivity index (χ1) is 17.9. The summed E-state index contributed by atoms with van der Waals surface area (Å²) >= 11 is 0. The number of pyridine rings is 2. The second-order valence-electron chi connectivity index (χ2n) is 9.42. The fraction of sp³-hybridized carbons (Fsp3) is 0.414. The van der Waals surface area contributed by atoms with Crippen LogP contribution >= 0.6 is 0 Å². The molecule has 0 bridgehead atoms. The van der Waals surface area contributed by atoms with E-state index in [4.69, 9.17) is 16.1 Å². The number of aryl methyl sites for hydroxylation is 2. The number of hydrogen-bond acceptors (Lipinski definition) is 6. The van der Waals surface area contributed by atoms with E-state index in [1.807, 2.05) is 32.9 Å². The van der Waals surface area contributed by atoms with E-state index >= 15 is 0 Å². The second kappa shape index (κ2) is 11.1. The van der Waals surface area contributed by atoms with Gasteiger partial charge in [0.15, 0.2) is 0 Å². The average molecular weight is 501 g/mol. The van der Waals surface area contributed by atoms with Gasteiger partial charge in [-0.2, -0.15) is 0 Å². The molecule has 0 saturated carbocycles. The van der Waals surface area contributed by atoms with Crippen molar-refractivity contribution in [2.24, 2.45) is 0 Å². The van der Waals surface area contributed by atoms with Crippen LogP contribution in [0.15, 0.2) is 24.4 Å². The highest BCUT2D eigenvalue weighted by Gasteiger charge is 2.25. The van der Waals surface area contributed by atoms with Gasteiger partial charge in [-0.1, -0.05) is 13.8 Å². The Balaban J connectivity index is 0.00000156. The van der Waals surface area contributed by atoms with E-state index in [0.717, 1.165) is 59.0 Å². The number of fused-ring (bicyclic) bond motifs is 3. The predicted molar refractivity (Wildman–Crippen MR) is 148 cm³/mol. The number of carbonyl (C=O) groups is 2. The maximum atomic E-state index is 13.0. The normalized spacial score (nSPS) is 15.0. The zero-order valence-electron chi connectivity index (χ0n) is 22.2. The van der Waals surface area contributed by atoms with Gasteiger partial charge in [-0.15, -0.1) is 0 Å². The number of nitrogens with zero attached hydrogens (tertiary/aromatic N) is 4. The largest absolute Gasteiger partial charge is 0.398 e. The molecule has 194 valence electrons. The highest BCUT2D eigenvalue weighted by Crippen LogP contribution is 2.38. The van der Waals surface area contributed by atoms with Crippen LogP contribution < -0.4 is 5.73 Å². The van der Waals surface area contributed by atoms with E-state index < -0.39 is 0 Å². The first-order valence-corrected chi connectivity index (χ1v) is 13.1. The lowest BCUT2D eigenvalue weighted by molar-refractivity contribution is -0.130. The number of piperazine rings is 1. The van der Waals surface area contributed by atoms with E-state index in [1.54, 1.807) is 29.0 Å². The quantitative estimate of drug-likeness (QED) is 0.409. The van der Waals surface area contributed by atoms with Crippen LogP contribution in [0.5, 0.6) is 0 Å². The third-order valence-corrected chi connectivity index (χ3v) is 7.25. The fourth-order valence-corrected chi connectivity index (χ4v) is 5.36. The molecule has 1 saturated heterocycles. The molecule has 37 heavy (non-hydrogen) atoms. The van der Waals surface area contributed by atoms with Gasteiger partial charge in [0.05, 0.1) is 11.2 Å². The number of nitrogens with two attached hydrogens (primary N) is 1. The average Bonchev–Trinajstić information content (AvgIpc) is 2.94. The summed E-state index contributed by atoms with van der Waals surface area (Å²) in [5, 5.41) is 8.95. The molecule has 5 rings (SSSR count). The van der Waals surface area contributed by atoms with Gasteiger partial charge >= 0.3 is 0 Å². The van der Waals surface area contributed by atoms with Gasteiger partial charge in [-0.3, -0.25) is 14.6 Å². The van der Waals surface area contributed by atoms with E-state index in [1.165, 1.54) is 17.3 Å². The lowest BCUT2D eigenvalue weighted by Crippen LogP contribution is -2.50. The van der Waals surface area contributed by atoms with Crippen molar-refractivity contribution in [2.45, 2.75) is 53.4 Å². The van der Waals surface area contributed by atoms with Crippen LogP contribution in [0, 0.1) is 12.3 Å². The number of nitrogen functional groups attached to an aromatic ring is 1. The molecule has 0 spiro atoms. The summed E-state index contributed by atoms with van der Waals surface area (Å²) in [5.74, 6) is -0.0772. The Morgan fingerprint density at radius 1 is 1.03 bits per heavy atom. The Labute approximate surface area is 218 Å². The summed E-state index contributed by atoms with van der Waals surface area (Å²) in [6, 6.07) is 5.59. The van der Waals surface area contributed by atoms with E-state index in [9.17, 15) is 9.59 Å². The number of aromatic nitrogens is 2. The summed E-state index contributed by atoms with van der Waals surface area (Å²) in [6.45, 7) is 9.69. The zero-order chi connectivity index (χ0) is 26.7. The molecule has 8 heteroatoms. The molecular weight excluding hydrogens is 464 g/mol. The van der Waals surface area contributed by atoms with Crippen LogP contribution in [0.25, 0.3) is 22.2 Å². The highest BCUT2D eigenvalue weighted by molar-refractivity contribution is 6.06. The van der Waals surface area contributed by atoms with E-state index in [0.29, 0.717) is 37.6 Å². The Morgan fingerprint density at radius 2 is 1.68 bits per heavy atom. The molecule has 0 radical (unpaired) electrons. The maximum absolute atomic E-state index is 13.0. The summed E-state index contributed by atoms with van der Waals surface area (Å²) in [5.41, 5.74) is 14.1. The van der Waals surface area contributed by atoms with Crippen molar-refractivity contribution < 1.29 is 9.59 Å². The van der Waals surface area contributed by atoms with Crippen LogP contribution in [0.1, 0.15) is 66.4 Å². The smallest absolute Gasteiger partial charge is 0.272 e. The van der Waals surface area contributed by atoms with Crippen molar-refractivity contribution >= 4 is 34.6 Å². The van der Waals surface area contributed by atoms with Gasteiger partial charge in [0, 0.05) is 67.7 Å². The van der Waals surface area contributed by atoms with Crippen LogP contribution in [0.2, 0.25) is 0 Å². The molecule has 0 unspecified atom stereocenters. The zero-order valence-corrected chi connectivity index (χ0v) is 22.2. The minimum atomic E-state index is -0.116. The van der Waals surface area contributed by atoms with Crippen LogP contribution in [-0.2, 0) is 17.6 Å². The molecule has 1 aliphatic carbocycles. The molecule has 1 aliphatic heterocycles. The number of nitrogens with one attached hydrogen (secondary N) is 1. The van der Waals surface area contributed by atoms with E-state index in [2.05, 4.69) is 4.98 Å². The number of amides is 2. The molecular formula is C29H36N6O2. The van der Waals surface area contributed by atoms with Gasteiger partial charge in [0.1, 0.15) is 5.69 Å². The van der Waals surface area contributed by atoms with Gasteiger partial charge in [0.2, 0.25) is 5.91 Å². The van der Waals surface area contributed by atoms with Crippen molar-refractivity contribution in [1.29, 1.82) is 5.41 Å². The van der Waals surface area contributed by atoms with Crippen molar-refractivity contribution in [3.05, 3.63) is 52.3 Å². The number of hydrogen-bond donors (Lipinski definition) is 2. The van der Waals surface area contributed by atoms with E-state index in [-0.39, 0.29) is 11.8 Å². The highest BCUT2D eigenvalue weighted by atomic mass is 16.2. The fourth-order valence-electron chi connectivity index (χ4n) is 5.36. The summed E-state index contributed by atoms with van der Waals surface area (Å²) in [4.78, 5) is 37.6. The predicted octanol–water partition coefficient (Wildman–Crippen LogP) is 4.39. The molecule has 2 amide bonds. The van der Waals surface area contributed by atoms with Crippen molar-refractivity contribution in [1.82, 2.24) is 19.8 Å². The van der Waals surface area contributed by atoms with Crippen molar-refractivity contribution in [3.63, 3.8) is 0 Å². The van der Waals surface area contributed by atoms with Gasteiger partial charge in [-0.05, 0) is 67.5 Å². The lowest BCUT2D eigenvalue weighted by atomic mass is 9.84. The van der Waals surface area contributed by atoms with Gasteiger partial charge in [-0.25, -0.2) is 4.98 Å². The standard InChI is InChI=1S/C27H30N6O2.C2H6/c1-16-13-22(29)21(14-28)24-19-5-3-4-6-20(19)26(31-25(16)24)18-7-8-23(30-15-18)27(35)33-11-9-32(10-12-33)17(2)34;1-2/h7-8,13-15,28H,3-6,9-12,29H2,1-2H3;1-2H3. The van der Waals surface area contributed by atoms with Gasteiger partial charge in [0.25, 0.3) is 5.91 Å². The molecule has 1 aromatic carbocycles. The minimum Gasteiger partial charge on any atom is -0.398 e. The van der Waals surface area contributed by atoms with Crippen LogP contribution in [-0.4, -0.2) is 64.0 Å². The topological polar surface area (TPSA) is 116 Å². The molecule has 0 atom stereocenters. The number of carbonyl (C=O) groups excluding carboxylic acids is 2. The summed E-state index contributed by atoms with van der Waals surface area (Å²) < 4.78 is 0. The molecule has 3 N–H and O–H groups in total. The van der Waals surface area contributed by atoms with Crippen molar-refractivity contribution in [2.75, 3.05) is 31.9 Å². The Morgan fingerprint density at radius 3 is 2.27 bits per heavy atom.